The molecule has 2 atom stereocenters. The molecule has 1 saturated heterocycles. The number of hydrogen-bond donors (Lipinski definition) is 0. The van der Waals surface area contributed by atoms with Gasteiger partial charge in [0.05, 0.1) is 18.4 Å². The van der Waals surface area contributed by atoms with Crippen LogP contribution in [0.15, 0.2) is 39.6 Å². The molecule has 1 saturated carbocycles. The maximum absolute atomic E-state index is 12.8. The number of amides is 2. The molecule has 3 heterocycles. The highest BCUT2D eigenvalue weighted by molar-refractivity contribution is 5.94. The van der Waals surface area contributed by atoms with Crippen molar-refractivity contribution in [3.63, 3.8) is 0 Å². The lowest BCUT2D eigenvalue weighted by molar-refractivity contribution is -0.136. The quantitative estimate of drug-likeness (QED) is 0.808. The van der Waals surface area contributed by atoms with Crippen molar-refractivity contribution in [1.82, 2.24) is 9.80 Å². The van der Waals surface area contributed by atoms with E-state index < -0.39 is 0 Å². The van der Waals surface area contributed by atoms with E-state index in [1.54, 1.807) is 15.9 Å². The van der Waals surface area contributed by atoms with Gasteiger partial charge in [0.1, 0.15) is 17.8 Å². The Bertz CT molecular complexity index is 802. The zero-order valence-corrected chi connectivity index (χ0v) is 15.9. The largest absolute Gasteiger partial charge is 0.472 e. The van der Waals surface area contributed by atoms with Gasteiger partial charge >= 0.3 is 0 Å². The van der Waals surface area contributed by atoms with Gasteiger partial charge < -0.3 is 18.6 Å². The molecule has 2 fully saturated rings. The van der Waals surface area contributed by atoms with Crippen LogP contribution in [0.1, 0.15) is 54.0 Å². The van der Waals surface area contributed by atoms with Crippen LogP contribution < -0.4 is 0 Å². The summed E-state index contributed by atoms with van der Waals surface area (Å²) in [5.41, 5.74) is 0.565. The monoisotopic (exact) mass is 370 g/mol. The summed E-state index contributed by atoms with van der Waals surface area (Å²) >= 11 is 0. The number of hydrogen-bond acceptors (Lipinski definition) is 4. The number of nitrogens with zero attached hydrogens (tertiary/aromatic N) is 2. The number of piperidine rings is 1. The highest BCUT2D eigenvalue weighted by Gasteiger charge is 2.37. The molecule has 144 valence electrons. The van der Waals surface area contributed by atoms with Crippen LogP contribution in [0.4, 0.5) is 0 Å². The van der Waals surface area contributed by atoms with Gasteiger partial charge in [-0.05, 0) is 43.4 Å². The highest BCUT2D eigenvalue weighted by Crippen LogP contribution is 2.47. The molecule has 6 nitrogen and oxygen atoms in total. The van der Waals surface area contributed by atoms with Crippen LogP contribution >= 0.6 is 0 Å². The van der Waals surface area contributed by atoms with Crippen molar-refractivity contribution < 1.29 is 18.4 Å². The van der Waals surface area contributed by atoms with Gasteiger partial charge in [-0.3, -0.25) is 9.59 Å². The molecule has 27 heavy (non-hydrogen) atoms. The van der Waals surface area contributed by atoms with E-state index >= 15 is 0 Å². The predicted molar refractivity (Wildman–Crippen MR) is 99.0 cm³/mol. The first-order valence-electron chi connectivity index (χ1n) is 9.68. The van der Waals surface area contributed by atoms with E-state index in [0.717, 1.165) is 11.5 Å². The maximum atomic E-state index is 12.8. The standard InChI is InChI=1S/C21H26N2O4/c1-14-11-18(14)19-4-3-17(27-19)12-22(2)20(24)15-5-8-23(9-6-15)21(25)16-7-10-26-13-16/h3-4,7,10,13-15,18H,5-6,8-9,11-12H2,1-2H3/t14-,18+/m1/s1. The fourth-order valence-corrected chi connectivity index (χ4v) is 3.92. The first-order chi connectivity index (χ1) is 13.0. The summed E-state index contributed by atoms with van der Waals surface area (Å²) in [6, 6.07) is 5.70. The molecule has 6 heteroatoms. The van der Waals surface area contributed by atoms with E-state index in [-0.39, 0.29) is 17.7 Å². The van der Waals surface area contributed by atoms with Crippen molar-refractivity contribution in [1.29, 1.82) is 0 Å². The molecule has 0 bridgehead atoms. The zero-order chi connectivity index (χ0) is 19.0. The van der Waals surface area contributed by atoms with Gasteiger partial charge in [0.25, 0.3) is 5.91 Å². The van der Waals surface area contributed by atoms with Crippen LogP contribution in [0.2, 0.25) is 0 Å². The molecular weight excluding hydrogens is 344 g/mol. The smallest absolute Gasteiger partial charge is 0.257 e. The SMILES string of the molecule is C[C@@H]1C[C@@H]1c1ccc(CN(C)C(=O)C2CCN(C(=O)c3ccoc3)CC2)o1. The minimum absolute atomic E-state index is 0.0274. The summed E-state index contributed by atoms with van der Waals surface area (Å²) in [4.78, 5) is 28.7. The lowest BCUT2D eigenvalue weighted by Crippen LogP contribution is -2.43. The van der Waals surface area contributed by atoms with E-state index in [9.17, 15) is 9.59 Å². The lowest BCUT2D eigenvalue weighted by Gasteiger charge is -2.32. The fraction of sp³-hybridized carbons (Fsp3) is 0.524. The van der Waals surface area contributed by atoms with E-state index in [0.29, 0.717) is 49.9 Å². The summed E-state index contributed by atoms with van der Waals surface area (Å²) in [5.74, 6) is 3.21. The average Bonchev–Trinajstić information content (AvgIpc) is 3.10. The van der Waals surface area contributed by atoms with E-state index in [2.05, 4.69) is 6.92 Å². The summed E-state index contributed by atoms with van der Waals surface area (Å²) in [6.07, 6.45) is 5.54. The van der Waals surface area contributed by atoms with Gasteiger partial charge in [-0.25, -0.2) is 0 Å². The molecule has 0 spiro atoms. The third-order valence-electron chi connectivity index (χ3n) is 5.83. The van der Waals surface area contributed by atoms with Gasteiger partial charge in [-0.1, -0.05) is 6.92 Å². The normalized spacial score (nSPS) is 22.7. The molecule has 2 aromatic rings. The average molecular weight is 370 g/mol. The minimum Gasteiger partial charge on any atom is -0.472 e. The molecule has 0 aromatic carbocycles. The van der Waals surface area contributed by atoms with Crippen molar-refractivity contribution in [2.45, 2.75) is 38.6 Å². The van der Waals surface area contributed by atoms with Crippen molar-refractivity contribution in [3.05, 3.63) is 47.8 Å². The predicted octanol–water partition coefficient (Wildman–Crippen LogP) is 3.51. The Kier molecular flexibility index (Phi) is 4.81. The summed E-state index contributed by atoms with van der Waals surface area (Å²) in [7, 11) is 1.83. The Morgan fingerprint density at radius 3 is 2.59 bits per heavy atom. The minimum atomic E-state index is -0.0405. The first-order valence-corrected chi connectivity index (χ1v) is 9.68. The number of furan rings is 2. The van der Waals surface area contributed by atoms with Crippen LogP contribution in [0.25, 0.3) is 0 Å². The van der Waals surface area contributed by atoms with Gasteiger partial charge in [-0.15, -0.1) is 0 Å². The zero-order valence-electron chi connectivity index (χ0n) is 15.9. The Balaban J connectivity index is 1.28. The molecule has 1 aliphatic heterocycles. The second-order valence-electron chi connectivity index (χ2n) is 7.90. The van der Waals surface area contributed by atoms with Crippen molar-refractivity contribution >= 4 is 11.8 Å². The summed E-state index contributed by atoms with van der Waals surface area (Å²) < 4.78 is 10.9. The van der Waals surface area contributed by atoms with Crippen molar-refractivity contribution in [3.8, 4) is 0 Å². The molecule has 2 amide bonds. The van der Waals surface area contributed by atoms with Gasteiger partial charge in [-0.2, -0.15) is 0 Å². The Morgan fingerprint density at radius 2 is 1.96 bits per heavy atom. The van der Waals surface area contributed by atoms with Gasteiger partial charge in [0, 0.05) is 32.0 Å². The van der Waals surface area contributed by atoms with Crippen LogP contribution in [0.5, 0.6) is 0 Å². The van der Waals surface area contributed by atoms with E-state index in [1.165, 1.54) is 18.9 Å². The van der Waals surface area contributed by atoms with Gasteiger partial charge in [0.2, 0.25) is 5.91 Å². The lowest BCUT2D eigenvalue weighted by atomic mass is 9.95. The second kappa shape index (κ2) is 7.25. The van der Waals surface area contributed by atoms with E-state index in [4.69, 9.17) is 8.83 Å². The summed E-state index contributed by atoms with van der Waals surface area (Å²) in [6.45, 7) is 3.91. The molecule has 2 aromatic heterocycles. The van der Waals surface area contributed by atoms with E-state index in [1.807, 2.05) is 19.2 Å². The third-order valence-corrected chi connectivity index (χ3v) is 5.83. The van der Waals surface area contributed by atoms with Crippen LogP contribution in [0.3, 0.4) is 0 Å². The van der Waals surface area contributed by atoms with Crippen LogP contribution in [-0.4, -0.2) is 41.8 Å². The molecular formula is C21H26N2O4. The fourth-order valence-electron chi connectivity index (χ4n) is 3.92. The molecule has 0 N–H and O–H groups in total. The molecule has 0 unspecified atom stereocenters. The van der Waals surface area contributed by atoms with Crippen LogP contribution in [0, 0.1) is 11.8 Å². The molecule has 1 aliphatic carbocycles. The number of likely N-dealkylation sites (tertiary alicyclic amines) is 1. The maximum Gasteiger partial charge on any atom is 0.257 e. The number of carbonyl (C=O) groups excluding carboxylic acids is 2. The van der Waals surface area contributed by atoms with Gasteiger partial charge in [0.15, 0.2) is 0 Å². The van der Waals surface area contributed by atoms with Crippen LogP contribution in [-0.2, 0) is 11.3 Å². The topological polar surface area (TPSA) is 66.9 Å². The third kappa shape index (κ3) is 3.80. The number of carbonyl (C=O) groups is 2. The molecule has 2 aliphatic rings. The highest BCUT2D eigenvalue weighted by atomic mass is 16.3. The Morgan fingerprint density at radius 1 is 1.22 bits per heavy atom. The Labute approximate surface area is 159 Å². The van der Waals surface area contributed by atoms with Crippen molar-refractivity contribution in [2.24, 2.45) is 11.8 Å². The Hall–Kier alpha value is -2.50. The molecule has 4 rings (SSSR count). The summed E-state index contributed by atoms with van der Waals surface area (Å²) in [5, 5.41) is 0. The van der Waals surface area contributed by atoms with Crippen molar-refractivity contribution in [2.75, 3.05) is 20.1 Å². The second-order valence-corrected chi connectivity index (χ2v) is 7.90. The first kappa shape index (κ1) is 17.9. The molecule has 0 radical (unpaired) electrons. The number of rotatable bonds is 5.